The van der Waals surface area contributed by atoms with Crippen LogP contribution in [0.3, 0.4) is 0 Å². The maximum Gasteiger partial charge on any atom is 0.235 e. The number of rotatable bonds is 8. The Balaban J connectivity index is 2.36. The zero-order valence-corrected chi connectivity index (χ0v) is 9.83. The molecule has 1 amide bonds. The van der Waals surface area contributed by atoms with E-state index in [1.54, 1.807) is 7.05 Å². The summed E-state index contributed by atoms with van der Waals surface area (Å²) in [6.45, 7) is 5.09. The minimum Gasteiger partial charge on any atom is -0.368 e. The SMILES string of the molecule is CCCN(CC1CC1)CC(NC)C(N)=O. The number of nitrogens with two attached hydrogens (primary N) is 1. The van der Waals surface area contributed by atoms with Gasteiger partial charge in [-0.15, -0.1) is 0 Å². The van der Waals surface area contributed by atoms with Crippen LogP contribution in [0.15, 0.2) is 0 Å². The lowest BCUT2D eigenvalue weighted by molar-refractivity contribution is -0.120. The molecule has 0 radical (unpaired) electrons. The summed E-state index contributed by atoms with van der Waals surface area (Å²) < 4.78 is 0. The van der Waals surface area contributed by atoms with E-state index in [9.17, 15) is 4.79 Å². The summed E-state index contributed by atoms with van der Waals surface area (Å²) in [5.41, 5.74) is 5.31. The van der Waals surface area contributed by atoms with Crippen molar-refractivity contribution in [3.05, 3.63) is 0 Å². The number of hydrogen-bond acceptors (Lipinski definition) is 3. The quantitative estimate of drug-likeness (QED) is 0.605. The van der Waals surface area contributed by atoms with Crippen molar-refractivity contribution in [2.24, 2.45) is 11.7 Å². The Labute approximate surface area is 92.2 Å². The largest absolute Gasteiger partial charge is 0.368 e. The molecule has 4 heteroatoms. The molecule has 1 aliphatic rings. The fourth-order valence-electron chi connectivity index (χ4n) is 1.82. The van der Waals surface area contributed by atoms with Gasteiger partial charge in [0.15, 0.2) is 0 Å². The second kappa shape index (κ2) is 6.08. The molecule has 0 aromatic heterocycles. The molecule has 0 aromatic rings. The first kappa shape index (κ1) is 12.5. The summed E-state index contributed by atoms with van der Waals surface area (Å²) in [6, 6.07) is -0.213. The van der Waals surface area contributed by atoms with Crippen molar-refractivity contribution < 1.29 is 4.79 Å². The van der Waals surface area contributed by atoms with Gasteiger partial charge >= 0.3 is 0 Å². The minimum atomic E-state index is -0.255. The molecule has 1 rings (SSSR count). The number of nitrogens with one attached hydrogen (secondary N) is 1. The Morgan fingerprint density at radius 3 is 2.67 bits per heavy atom. The van der Waals surface area contributed by atoms with Crippen molar-refractivity contribution in [1.29, 1.82) is 0 Å². The summed E-state index contributed by atoms with van der Waals surface area (Å²) in [4.78, 5) is 13.5. The first-order valence-corrected chi connectivity index (χ1v) is 5.86. The first-order valence-electron chi connectivity index (χ1n) is 5.86. The van der Waals surface area contributed by atoms with Gasteiger partial charge in [0, 0.05) is 13.1 Å². The molecule has 0 aliphatic heterocycles. The van der Waals surface area contributed by atoms with E-state index in [0.29, 0.717) is 0 Å². The second-order valence-corrected chi connectivity index (χ2v) is 4.45. The van der Waals surface area contributed by atoms with Crippen LogP contribution in [-0.2, 0) is 4.79 Å². The standard InChI is InChI=1S/C11H23N3O/c1-3-6-14(7-9-4-5-9)8-10(13-2)11(12)15/h9-10,13H,3-8H2,1-2H3,(H2,12,15). The maximum atomic E-state index is 11.1. The van der Waals surface area contributed by atoms with E-state index in [-0.39, 0.29) is 11.9 Å². The highest BCUT2D eigenvalue weighted by molar-refractivity contribution is 5.80. The van der Waals surface area contributed by atoms with Crippen LogP contribution >= 0.6 is 0 Å². The van der Waals surface area contributed by atoms with Crippen molar-refractivity contribution in [3.63, 3.8) is 0 Å². The second-order valence-electron chi connectivity index (χ2n) is 4.45. The average Bonchev–Trinajstić information content (AvgIpc) is 2.97. The van der Waals surface area contributed by atoms with Crippen LogP contribution in [-0.4, -0.2) is 43.5 Å². The van der Waals surface area contributed by atoms with Crippen LogP contribution in [0, 0.1) is 5.92 Å². The average molecular weight is 213 g/mol. The van der Waals surface area contributed by atoms with Gasteiger partial charge in [0.2, 0.25) is 5.91 Å². The molecule has 1 aliphatic carbocycles. The van der Waals surface area contributed by atoms with Crippen LogP contribution < -0.4 is 11.1 Å². The van der Waals surface area contributed by atoms with E-state index in [4.69, 9.17) is 5.73 Å². The van der Waals surface area contributed by atoms with Crippen molar-refractivity contribution >= 4 is 5.91 Å². The minimum absolute atomic E-state index is 0.213. The lowest BCUT2D eigenvalue weighted by Gasteiger charge is -2.25. The number of likely N-dealkylation sites (N-methyl/N-ethyl adjacent to an activating group) is 1. The molecule has 1 saturated carbocycles. The zero-order valence-electron chi connectivity index (χ0n) is 9.83. The first-order chi connectivity index (χ1) is 7.17. The predicted molar refractivity (Wildman–Crippen MR) is 61.5 cm³/mol. The van der Waals surface area contributed by atoms with E-state index in [0.717, 1.165) is 32.0 Å². The van der Waals surface area contributed by atoms with E-state index in [1.807, 2.05) is 0 Å². The van der Waals surface area contributed by atoms with Crippen LogP contribution in [0.1, 0.15) is 26.2 Å². The van der Waals surface area contributed by atoms with E-state index < -0.39 is 0 Å². The number of carbonyl (C=O) groups excluding carboxylic acids is 1. The third kappa shape index (κ3) is 4.62. The fraction of sp³-hybridized carbons (Fsp3) is 0.909. The number of primary amides is 1. The van der Waals surface area contributed by atoms with Gasteiger partial charge < -0.3 is 16.0 Å². The van der Waals surface area contributed by atoms with E-state index >= 15 is 0 Å². The Morgan fingerprint density at radius 1 is 1.60 bits per heavy atom. The Morgan fingerprint density at radius 2 is 2.27 bits per heavy atom. The fourth-order valence-corrected chi connectivity index (χ4v) is 1.82. The van der Waals surface area contributed by atoms with Gasteiger partial charge in [0.05, 0.1) is 6.04 Å². The molecule has 1 unspecified atom stereocenters. The molecule has 3 N–H and O–H groups in total. The van der Waals surface area contributed by atoms with Gasteiger partial charge in [0.25, 0.3) is 0 Å². The van der Waals surface area contributed by atoms with Crippen molar-refractivity contribution in [1.82, 2.24) is 10.2 Å². The third-order valence-electron chi connectivity index (χ3n) is 2.89. The van der Waals surface area contributed by atoms with Crippen molar-refractivity contribution in [2.45, 2.75) is 32.2 Å². The van der Waals surface area contributed by atoms with Crippen LogP contribution in [0.25, 0.3) is 0 Å². The highest BCUT2D eigenvalue weighted by Crippen LogP contribution is 2.29. The van der Waals surface area contributed by atoms with Crippen molar-refractivity contribution in [3.8, 4) is 0 Å². The van der Waals surface area contributed by atoms with Gasteiger partial charge in [-0.2, -0.15) is 0 Å². The smallest absolute Gasteiger partial charge is 0.235 e. The van der Waals surface area contributed by atoms with Gasteiger partial charge in [-0.1, -0.05) is 6.92 Å². The summed E-state index contributed by atoms with van der Waals surface area (Å²) in [5.74, 6) is 0.608. The number of hydrogen-bond donors (Lipinski definition) is 2. The summed E-state index contributed by atoms with van der Waals surface area (Å²) >= 11 is 0. The van der Waals surface area contributed by atoms with Gasteiger partial charge in [0.1, 0.15) is 0 Å². The highest BCUT2D eigenvalue weighted by Gasteiger charge is 2.26. The number of nitrogens with zero attached hydrogens (tertiary/aromatic N) is 1. The van der Waals surface area contributed by atoms with Gasteiger partial charge in [-0.05, 0) is 38.8 Å². The Kier molecular flexibility index (Phi) is 5.05. The topological polar surface area (TPSA) is 58.4 Å². The molecule has 0 aromatic carbocycles. The molecular formula is C11H23N3O. The summed E-state index contributed by atoms with van der Waals surface area (Å²) in [6.07, 6.45) is 3.82. The third-order valence-corrected chi connectivity index (χ3v) is 2.89. The lowest BCUT2D eigenvalue weighted by Crippen LogP contribution is -2.48. The molecule has 0 spiro atoms. The lowest BCUT2D eigenvalue weighted by atomic mass is 10.2. The molecular weight excluding hydrogens is 190 g/mol. The summed E-state index contributed by atoms with van der Waals surface area (Å²) in [7, 11) is 1.79. The molecule has 0 bridgehead atoms. The van der Waals surface area contributed by atoms with Gasteiger partial charge in [-0.3, -0.25) is 4.79 Å². The monoisotopic (exact) mass is 213 g/mol. The van der Waals surface area contributed by atoms with Crippen LogP contribution in [0.2, 0.25) is 0 Å². The van der Waals surface area contributed by atoms with Crippen molar-refractivity contribution in [2.75, 3.05) is 26.7 Å². The molecule has 15 heavy (non-hydrogen) atoms. The molecule has 0 saturated heterocycles. The van der Waals surface area contributed by atoms with Gasteiger partial charge in [-0.25, -0.2) is 0 Å². The maximum absolute atomic E-state index is 11.1. The molecule has 4 nitrogen and oxygen atoms in total. The number of carbonyl (C=O) groups is 1. The Hall–Kier alpha value is -0.610. The highest BCUT2D eigenvalue weighted by atomic mass is 16.1. The normalized spacial score (nSPS) is 18.1. The molecule has 1 atom stereocenters. The molecule has 88 valence electrons. The molecule has 1 fully saturated rings. The van der Waals surface area contributed by atoms with Crippen LogP contribution in [0.5, 0.6) is 0 Å². The summed E-state index contributed by atoms with van der Waals surface area (Å²) in [5, 5.41) is 2.97. The zero-order chi connectivity index (χ0) is 11.3. The Bertz CT molecular complexity index is 204. The molecule has 0 heterocycles. The van der Waals surface area contributed by atoms with Crippen LogP contribution in [0.4, 0.5) is 0 Å². The van der Waals surface area contributed by atoms with E-state index in [2.05, 4.69) is 17.1 Å². The number of amides is 1. The van der Waals surface area contributed by atoms with E-state index in [1.165, 1.54) is 12.8 Å². The predicted octanol–water partition coefficient (Wildman–Crippen LogP) is 0.182.